The largest absolute Gasteiger partial charge is 0.349 e. The number of guanidine groups is 1. The summed E-state index contributed by atoms with van der Waals surface area (Å²) in [5.74, 6) is 1.90. The van der Waals surface area contributed by atoms with Gasteiger partial charge in [-0.25, -0.2) is 4.98 Å². The number of aromatic nitrogens is 2. The van der Waals surface area contributed by atoms with Crippen molar-refractivity contribution in [3.05, 3.63) is 48.0 Å². The van der Waals surface area contributed by atoms with Crippen LogP contribution in [0.15, 0.2) is 41.7 Å². The van der Waals surface area contributed by atoms with E-state index < -0.39 is 0 Å². The fraction of sp³-hybridized carbons (Fsp3) is 0.333. The number of aryl methyl sites for hydroxylation is 1. The van der Waals surface area contributed by atoms with Gasteiger partial charge >= 0.3 is 0 Å². The molecule has 1 aliphatic heterocycles. The summed E-state index contributed by atoms with van der Waals surface area (Å²) in [5, 5.41) is 3.39. The van der Waals surface area contributed by atoms with Crippen molar-refractivity contribution >= 4 is 11.6 Å². The number of hydrogen-bond acceptors (Lipinski definition) is 2. The first-order valence-corrected chi connectivity index (χ1v) is 6.82. The Morgan fingerprint density at radius 2 is 2.25 bits per heavy atom. The predicted octanol–water partition coefficient (Wildman–Crippen LogP) is 1.56. The molecule has 0 unspecified atom stereocenters. The Hall–Kier alpha value is -2.30. The van der Waals surface area contributed by atoms with Gasteiger partial charge in [0.15, 0.2) is 5.96 Å². The zero-order chi connectivity index (χ0) is 13.9. The minimum Gasteiger partial charge on any atom is -0.349 e. The molecule has 5 nitrogen and oxygen atoms in total. The number of fused-ring (bicyclic) bond motifs is 1. The lowest BCUT2D eigenvalue weighted by atomic mass is 10.2. The number of nitrogens with one attached hydrogen (secondary N) is 1. The maximum atomic E-state index is 4.39. The summed E-state index contributed by atoms with van der Waals surface area (Å²) < 4.78 is 2.01. The van der Waals surface area contributed by atoms with Gasteiger partial charge in [-0.2, -0.15) is 0 Å². The van der Waals surface area contributed by atoms with Crippen LogP contribution in [0.25, 0.3) is 0 Å². The fourth-order valence-corrected chi connectivity index (χ4v) is 2.58. The number of nitrogens with zero attached hydrogens (tertiary/aromatic N) is 4. The van der Waals surface area contributed by atoms with E-state index in [-0.39, 0.29) is 0 Å². The van der Waals surface area contributed by atoms with E-state index in [1.165, 1.54) is 11.3 Å². The van der Waals surface area contributed by atoms with E-state index in [1.807, 2.05) is 31.1 Å². The quantitative estimate of drug-likeness (QED) is 0.665. The number of rotatable bonds is 2. The van der Waals surface area contributed by atoms with Gasteiger partial charge in [0.2, 0.25) is 0 Å². The Morgan fingerprint density at radius 1 is 1.40 bits per heavy atom. The SMILES string of the molecule is CN=C(NCc1nccn1C)N1CCc2ccccc21. The highest BCUT2D eigenvalue weighted by Gasteiger charge is 2.22. The van der Waals surface area contributed by atoms with Gasteiger partial charge in [-0.15, -0.1) is 0 Å². The molecule has 0 spiro atoms. The van der Waals surface area contributed by atoms with Gasteiger partial charge in [0.1, 0.15) is 5.82 Å². The van der Waals surface area contributed by atoms with Crippen molar-refractivity contribution in [2.45, 2.75) is 13.0 Å². The van der Waals surface area contributed by atoms with Crippen LogP contribution in [0.3, 0.4) is 0 Å². The summed E-state index contributed by atoms with van der Waals surface area (Å²) in [7, 11) is 3.82. The van der Waals surface area contributed by atoms with E-state index >= 15 is 0 Å². The summed E-state index contributed by atoms with van der Waals surface area (Å²) in [4.78, 5) is 10.9. The monoisotopic (exact) mass is 269 g/mol. The maximum absolute atomic E-state index is 4.39. The molecule has 1 aliphatic rings. The molecule has 5 heteroatoms. The molecule has 104 valence electrons. The lowest BCUT2D eigenvalue weighted by Crippen LogP contribution is -2.40. The molecule has 0 saturated heterocycles. The first-order valence-electron chi connectivity index (χ1n) is 6.82. The van der Waals surface area contributed by atoms with Crippen LogP contribution < -0.4 is 10.2 Å². The highest BCUT2D eigenvalue weighted by atomic mass is 15.3. The molecule has 1 aromatic heterocycles. The van der Waals surface area contributed by atoms with Gasteiger partial charge in [0, 0.05) is 38.7 Å². The minimum absolute atomic E-state index is 0.675. The van der Waals surface area contributed by atoms with Crippen molar-refractivity contribution in [2.24, 2.45) is 12.0 Å². The molecule has 2 heterocycles. The van der Waals surface area contributed by atoms with Crippen LogP contribution in [0.5, 0.6) is 0 Å². The molecule has 0 saturated carbocycles. The van der Waals surface area contributed by atoms with E-state index in [4.69, 9.17) is 0 Å². The second-order valence-corrected chi connectivity index (χ2v) is 4.89. The number of para-hydroxylation sites is 1. The minimum atomic E-state index is 0.675. The Labute approximate surface area is 119 Å². The molecular weight excluding hydrogens is 250 g/mol. The van der Waals surface area contributed by atoms with Crippen LogP contribution in [0.4, 0.5) is 5.69 Å². The fourth-order valence-electron chi connectivity index (χ4n) is 2.58. The summed E-state index contributed by atoms with van der Waals surface area (Å²) in [5.41, 5.74) is 2.63. The summed E-state index contributed by atoms with van der Waals surface area (Å²) in [6.07, 6.45) is 4.83. The van der Waals surface area contributed by atoms with Crippen molar-refractivity contribution in [3.63, 3.8) is 0 Å². The third kappa shape index (κ3) is 2.27. The van der Waals surface area contributed by atoms with Gasteiger partial charge in [-0.3, -0.25) is 4.99 Å². The number of benzene rings is 1. The van der Waals surface area contributed by atoms with Crippen molar-refractivity contribution in [2.75, 3.05) is 18.5 Å². The molecule has 0 radical (unpaired) electrons. The van der Waals surface area contributed by atoms with Crippen LogP contribution >= 0.6 is 0 Å². The van der Waals surface area contributed by atoms with Crippen molar-refractivity contribution in [3.8, 4) is 0 Å². The van der Waals surface area contributed by atoms with Crippen LogP contribution in [-0.2, 0) is 20.0 Å². The molecule has 1 aromatic carbocycles. The first kappa shape index (κ1) is 12.7. The molecule has 0 atom stereocenters. The van der Waals surface area contributed by atoms with E-state index in [0.29, 0.717) is 6.54 Å². The average molecular weight is 269 g/mol. The zero-order valence-corrected chi connectivity index (χ0v) is 11.9. The molecule has 0 amide bonds. The van der Waals surface area contributed by atoms with E-state index in [0.717, 1.165) is 24.7 Å². The van der Waals surface area contributed by atoms with Crippen LogP contribution in [0, 0.1) is 0 Å². The van der Waals surface area contributed by atoms with Gasteiger partial charge in [-0.05, 0) is 18.1 Å². The summed E-state index contributed by atoms with van der Waals surface area (Å²) in [6.45, 7) is 1.65. The molecule has 1 N–H and O–H groups in total. The van der Waals surface area contributed by atoms with Gasteiger partial charge in [-0.1, -0.05) is 18.2 Å². The maximum Gasteiger partial charge on any atom is 0.198 e. The normalized spacial score (nSPS) is 14.5. The Balaban J connectivity index is 1.74. The molecule has 20 heavy (non-hydrogen) atoms. The molecule has 2 aromatic rings. The lowest BCUT2D eigenvalue weighted by molar-refractivity contribution is 0.741. The van der Waals surface area contributed by atoms with Gasteiger partial charge in [0.05, 0.1) is 6.54 Å². The highest BCUT2D eigenvalue weighted by molar-refractivity contribution is 5.97. The third-order valence-electron chi connectivity index (χ3n) is 3.68. The topological polar surface area (TPSA) is 45.5 Å². The molecule has 0 bridgehead atoms. The molecule has 0 aliphatic carbocycles. The number of hydrogen-bond donors (Lipinski definition) is 1. The first-order chi connectivity index (χ1) is 9.79. The summed E-state index contributed by atoms with van der Waals surface area (Å²) >= 11 is 0. The second kappa shape index (κ2) is 5.36. The van der Waals surface area contributed by atoms with Crippen molar-refractivity contribution in [1.29, 1.82) is 0 Å². The number of aliphatic imine (C=N–C) groups is 1. The zero-order valence-electron chi connectivity index (χ0n) is 11.9. The van der Waals surface area contributed by atoms with E-state index in [2.05, 4.69) is 44.5 Å². The van der Waals surface area contributed by atoms with E-state index in [9.17, 15) is 0 Å². The van der Waals surface area contributed by atoms with Crippen molar-refractivity contribution < 1.29 is 0 Å². The summed E-state index contributed by atoms with van der Waals surface area (Å²) in [6, 6.07) is 8.49. The van der Waals surface area contributed by atoms with Crippen LogP contribution in [0.2, 0.25) is 0 Å². The molecule has 0 fully saturated rings. The lowest BCUT2D eigenvalue weighted by Gasteiger charge is -2.22. The average Bonchev–Trinajstić information content (AvgIpc) is 3.07. The van der Waals surface area contributed by atoms with Crippen LogP contribution in [-0.4, -0.2) is 29.1 Å². The number of anilines is 1. The smallest absolute Gasteiger partial charge is 0.198 e. The van der Waals surface area contributed by atoms with E-state index in [1.54, 1.807) is 0 Å². The van der Waals surface area contributed by atoms with Gasteiger partial charge in [0.25, 0.3) is 0 Å². The molecule has 3 rings (SSSR count). The Kier molecular flexibility index (Phi) is 3.41. The Bertz CT molecular complexity index is 629. The third-order valence-corrected chi connectivity index (χ3v) is 3.68. The Morgan fingerprint density at radius 3 is 3.00 bits per heavy atom. The van der Waals surface area contributed by atoms with Gasteiger partial charge < -0.3 is 14.8 Å². The number of imidazole rings is 1. The molecular formula is C15H19N5. The second-order valence-electron chi connectivity index (χ2n) is 4.89. The standard InChI is InChI=1S/C15H19N5/c1-16-15(18-11-14-17-8-10-19(14)2)20-9-7-12-5-3-4-6-13(12)20/h3-6,8,10H,7,9,11H2,1-2H3,(H,16,18). The predicted molar refractivity (Wildman–Crippen MR) is 80.9 cm³/mol. The van der Waals surface area contributed by atoms with Crippen molar-refractivity contribution in [1.82, 2.24) is 14.9 Å². The van der Waals surface area contributed by atoms with Crippen LogP contribution in [0.1, 0.15) is 11.4 Å². The highest BCUT2D eigenvalue weighted by Crippen LogP contribution is 2.27.